The maximum atomic E-state index is 12.8. The Labute approximate surface area is 230 Å². The molecule has 5 atom stereocenters. The minimum Gasteiger partial charge on any atom is -0.390 e. The second-order valence-electron chi connectivity index (χ2n) is 10.8. The predicted molar refractivity (Wildman–Crippen MR) is 151 cm³/mol. The summed E-state index contributed by atoms with van der Waals surface area (Å²) in [7, 11) is 0. The van der Waals surface area contributed by atoms with Gasteiger partial charge in [-0.05, 0) is 22.3 Å². The van der Waals surface area contributed by atoms with Crippen molar-refractivity contribution in [2.45, 2.75) is 54.7 Å². The summed E-state index contributed by atoms with van der Waals surface area (Å²) >= 11 is 0. The van der Waals surface area contributed by atoms with E-state index in [1.165, 1.54) is 0 Å². The van der Waals surface area contributed by atoms with Crippen molar-refractivity contribution in [2.24, 2.45) is 0 Å². The summed E-state index contributed by atoms with van der Waals surface area (Å²) in [5, 5.41) is 49.3. The van der Waals surface area contributed by atoms with E-state index < -0.39 is 29.0 Å². The van der Waals surface area contributed by atoms with Gasteiger partial charge in [0.1, 0.15) is 22.9 Å². The van der Waals surface area contributed by atoms with E-state index in [1.54, 1.807) is 0 Å². The van der Waals surface area contributed by atoms with Crippen LogP contribution in [0.5, 0.6) is 0 Å². The molecule has 0 radical (unpaired) electrons. The average Bonchev–Trinajstić information content (AvgIpc) is 2.94. The highest BCUT2D eigenvalue weighted by atomic mass is 16.5. The van der Waals surface area contributed by atoms with Gasteiger partial charge >= 0.3 is 0 Å². The first-order valence-electron chi connectivity index (χ1n) is 13.5. The Kier molecular flexibility index (Phi) is 7.98. The molecule has 0 aromatic heterocycles. The molecule has 5 heteroatoms. The Morgan fingerprint density at radius 3 is 1.49 bits per heavy atom. The first-order chi connectivity index (χ1) is 18.8. The summed E-state index contributed by atoms with van der Waals surface area (Å²) in [4.78, 5) is 0. The van der Waals surface area contributed by atoms with Crippen LogP contribution in [-0.2, 0) is 30.4 Å². The molecule has 1 aliphatic heterocycles. The van der Waals surface area contributed by atoms with Crippen molar-refractivity contribution in [1.82, 2.24) is 0 Å². The van der Waals surface area contributed by atoms with Crippen LogP contribution in [0.25, 0.3) is 0 Å². The fraction of sp³-hybridized carbons (Fsp3) is 0.294. The van der Waals surface area contributed by atoms with Crippen molar-refractivity contribution in [2.75, 3.05) is 6.61 Å². The molecule has 0 aliphatic carbocycles. The number of rotatable bonds is 9. The van der Waals surface area contributed by atoms with E-state index in [-0.39, 0.29) is 32.3 Å². The molecule has 0 spiro atoms. The summed E-state index contributed by atoms with van der Waals surface area (Å²) in [5.74, 6) is 0. The molecule has 1 fully saturated rings. The number of benzene rings is 4. The Bertz CT molecular complexity index is 1320. The van der Waals surface area contributed by atoms with Crippen molar-refractivity contribution in [3.8, 4) is 0 Å². The van der Waals surface area contributed by atoms with Gasteiger partial charge in [-0.3, -0.25) is 0 Å². The number of aliphatic hydroxyl groups is 4. The molecular weight excluding hydrogens is 488 g/mol. The molecule has 39 heavy (non-hydrogen) atoms. The normalized spacial score (nSPS) is 27.6. The fourth-order valence-corrected chi connectivity index (χ4v) is 6.01. The maximum Gasteiger partial charge on any atom is 0.131 e. The van der Waals surface area contributed by atoms with Gasteiger partial charge in [0.25, 0.3) is 0 Å². The lowest BCUT2D eigenvalue weighted by atomic mass is 9.59. The molecule has 0 saturated carbocycles. The molecule has 1 aliphatic rings. The Balaban J connectivity index is 1.62. The van der Waals surface area contributed by atoms with Crippen molar-refractivity contribution < 1.29 is 25.2 Å². The van der Waals surface area contributed by atoms with Crippen molar-refractivity contribution >= 4 is 0 Å². The van der Waals surface area contributed by atoms with E-state index in [0.717, 1.165) is 22.3 Å². The van der Waals surface area contributed by atoms with Crippen LogP contribution in [0, 0.1) is 0 Å². The second-order valence-corrected chi connectivity index (χ2v) is 10.8. The fourth-order valence-electron chi connectivity index (χ4n) is 6.01. The maximum absolute atomic E-state index is 12.8. The number of aliphatic hydroxyl groups excluding tert-OH is 1. The third kappa shape index (κ3) is 5.55. The average molecular weight is 525 g/mol. The largest absolute Gasteiger partial charge is 0.390 e. The molecule has 1 heterocycles. The summed E-state index contributed by atoms with van der Waals surface area (Å²) in [6, 6.07) is 37.6. The Hall–Kier alpha value is -3.32. The molecule has 202 valence electrons. The number of hydrogen-bond acceptors (Lipinski definition) is 5. The quantitative estimate of drug-likeness (QED) is 0.267. The van der Waals surface area contributed by atoms with E-state index in [2.05, 4.69) is 0 Å². The summed E-state index contributed by atoms with van der Waals surface area (Å²) in [5.41, 5.74) is -2.76. The van der Waals surface area contributed by atoms with Gasteiger partial charge in [0.2, 0.25) is 0 Å². The highest BCUT2D eigenvalue weighted by molar-refractivity contribution is 5.32. The Morgan fingerprint density at radius 2 is 1.00 bits per heavy atom. The molecule has 0 bridgehead atoms. The lowest BCUT2D eigenvalue weighted by Crippen LogP contribution is -2.80. The third-order valence-corrected chi connectivity index (χ3v) is 8.05. The molecule has 0 amide bonds. The van der Waals surface area contributed by atoms with Gasteiger partial charge in [-0.1, -0.05) is 121 Å². The van der Waals surface area contributed by atoms with Gasteiger partial charge in [0.05, 0.1) is 12.7 Å². The van der Waals surface area contributed by atoms with Crippen LogP contribution >= 0.6 is 0 Å². The van der Waals surface area contributed by atoms with E-state index in [9.17, 15) is 20.4 Å². The van der Waals surface area contributed by atoms with E-state index >= 15 is 0 Å². The SMILES string of the molecule is OC(Cc1ccccc1)[C@H]1OC[C@](O)(Cc2ccccc2)[C@](O)(Cc2ccccc2)[C@@]1(O)Cc1ccccc1. The highest BCUT2D eigenvalue weighted by Crippen LogP contribution is 2.48. The first kappa shape index (κ1) is 27.3. The smallest absolute Gasteiger partial charge is 0.131 e. The first-order valence-corrected chi connectivity index (χ1v) is 13.5. The van der Waals surface area contributed by atoms with Crippen LogP contribution in [-0.4, -0.2) is 56.0 Å². The van der Waals surface area contributed by atoms with Gasteiger partial charge in [-0.2, -0.15) is 0 Å². The Morgan fingerprint density at radius 1 is 0.590 bits per heavy atom. The summed E-state index contributed by atoms with van der Waals surface area (Å²) in [6.07, 6.45) is -2.06. The van der Waals surface area contributed by atoms with Gasteiger partial charge in [0.15, 0.2) is 0 Å². The van der Waals surface area contributed by atoms with Crippen molar-refractivity contribution in [3.63, 3.8) is 0 Å². The molecular formula is C34H36O5. The molecule has 4 aromatic carbocycles. The van der Waals surface area contributed by atoms with Crippen LogP contribution in [0.1, 0.15) is 22.3 Å². The zero-order chi connectivity index (χ0) is 27.3. The van der Waals surface area contributed by atoms with Gasteiger partial charge < -0.3 is 25.2 Å². The topological polar surface area (TPSA) is 90.2 Å². The molecule has 5 rings (SSSR count). The van der Waals surface area contributed by atoms with Crippen LogP contribution in [0.2, 0.25) is 0 Å². The molecule has 1 saturated heterocycles. The van der Waals surface area contributed by atoms with Crippen LogP contribution in [0.4, 0.5) is 0 Å². The van der Waals surface area contributed by atoms with E-state index in [0.29, 0.717) is 0 Å². The van der Waals surface area contributed by atoms with Crippen molar-refractivity contribution in [3.05, 3.63) is 144 Å². The van der Waals surface area contributed by atoms with Gasteiger partial charge in [-0.25, -0.2) is 0 Å². The second kappa shape index (κ2) is 11.4. The zero-order valence-corrected chi connectivity index (χ0v) is 21.9. The predicted octanol–water partition coefficient (Wildman–Crippen LogP) is 3.91. The third-order valence-electron chi connectivity index (χ3n) is 8.05. The molecule has 4 N–H and O–H groups in total. The van der Waals surface area contributed by atoms with Crippen LogP contribution < -0.4 is 0 Å². The lowest BCUT2D eigenvalue weighted by molar-refractivity contribution is -0.342. The standard InChI is InChI=1S/C34H36O5/c35-30(21-26-13-5-1-6-14-26)31-33(37,23-28-17-9-3-10-18-28)34(38,24-29-19-11-4-12-20-29)32(36,25-39-31)22-27-15-7-2-8-16-27/h1-20,30-31,35-38H,21-25H2/t30?,31-,32-,33-,34-/m1/s1. The minimum absolute atomic E-state index is 0.0230. The molecule has 5 nitrogen and oxygen atoms in total. The summed E-state index contributed by atoms with van der Waals surface area (Å²) < 4.78 is 6.21. The van der Waals surface area contributed by atoms with Crippen LogP contribution in [0.15, 0.2) is 121 Å². The zero-order valence-electron chi connectivity index (χ0n) is 21.9. The monoisotopic (exact) mass is 524 g/mol. The van der Waals surface area contributed by atoms with Crippen LogP contribution in [0.3, 0.4) is 0 Å². The van der Waals surface area contributed by atoms with Gasteiger partial charge in [-0.15, -0.1) is 0 Å². The molecule has 4 aromatic rings. The van der Waals surface area contributed by atoms with E-state index in [1.807, 2.05) is 121 Å². The number of hydrogen-bond donors (Lipinski definition) is 4. The van der Waals surface area contributed by atoms with Crippen molar-refractivity contribution in [1.29, 1.82) is 0 Å². The van der Waals surface area contributed by atoms with Gasteiger partial charge in [0, 0.05) is 25.7 Å². The van der Waals surface area contributed by atoms with E-state index in [4.69, 9.17) is 4.74 Å². The highest BCUT2D eigenvalue weighted by Gasteiger charge is 2.68. The minimum atomic E-state index is -2.08. The summed E-state index contributed by atoms with van der Waals surface area (Å²) in [6.45, 7) is -0.251. The number of ether oxygens (including phenoxy) is 1. The lowest BCUT2D eigenvalue weighted by Gasteiger charge is -2.59. The molecule has 1 unspecified atom stereocenters.